The lowest BCUT2D eigenvalue weighted by atomic mass is 9.99. The summed E-state index contributed by atoms with van der Waals surface area (Å²) >= 11 is 0. The Kier molecular flexibility index (Phi) is 47.8. The summed E-state index contributed by atoms with van der Waals surface area (Å²) in [5.74, 6) is -1.26. The van der Waals surface area contributed by atoms with E-state index in [0.29, 0.717) is 19.3 Å². The second-order valence-corrected chi connectivity index (χ2v) is 21.4. The molecular formula is C62H115NO10. The Morgan fingerprint density at radius 2 is 0.945 bits per heavy atom. The van der Waals surface area contributed by atoms with Crippen molar-refractivity contribution < 1.29 is 49.3 Å². The number of carbonyl (C=O) groups is 2. The van der Waals surface area contributed by atoms with Crippen LogP contribution in [0.5, 0.6) is 0 Å². The summed E-state index contributed by atoms with van der Waals surface area (Å²) in [7, 11) is 0. The Bertz CT molecular complexity index is 1330. The average Bonchev–Trinajstić information content (AvgIpc) is 3.39. The molecule has 1 aliphatic rings. The van der Waals surface area contributed by atoms with Crippen molar-refractivity contribution in [3.05, 3.63) is 36.5 Å². The summed E-state index contributed by atoms with van der Waals surface area (Å²) in [6.07, 6.45) is 49.3. The number of carbonyl (C=O) groups excluding carboxylic acids is 2. The number of unbranched alkanes of at least 4 members (excludes halogenated alkanes) is 34. The molecule has 6 N–H and O–H groups in total. The topological polar surface area (TPSA) is 175 Å². The standard InChI is InChI=1S/C62H115NO10/c1-4-7-10-13-16-19-22-24-25-26-27-28-29-30-32-34-37-40-43-46-49-55(66)61(70)63-53(54(65)48-45-42-39-36-33-21-18-15-12-9-6-3)52-71-62-60(59(69)58(68)56(51-64)72-62)73-57(67)50-47-44-41-38-35-31-23-20-17-14-11-8-5-2/h31,35,41,44-45,48,53-56,58-60,62,64-66,68-69H,4-30,32-34,36-40,42-43,46-47,49-52H2,1-3H3,(H,63,70)/b35-31-,44-41+,48-45+. The molecule has 1 rings (SSSR count). The first-order chi connectivity index (χ1) is 35.7. The summed E-state index contributed by atoms with van der Waals surface area (Å²) in [5, 5.41) is 56.8. The van der Waals surface area contributed by atoms with Crippen LogP contribution in [-0.2, 0) is 23.8 Å². The van der Waals surface area contributed by atoms with Crippen LogP contribution in [0.2, 0.25) is 0 Å². The highest BCUT2D eigenvalue weighted by atomic mass is 16.7. The molecule has 1 amide bonds. The summed E-state index contributed by atoms with van der Waals surface area (Å²) in [6.45, 7) is 5.76. The fraction of sp³-hybridized carbons (Fsp3) is 0.871. The minimum Gasteiger partial charge on any atom is -0.454 e. The largest absolute Gasteiger partial charge is 0.454 e. The van der Waals surface area contributed by atoms with Gasteiger partial charge in [0.25, 0.3) is 0 Å². The molecule has 11 nitrogen and oxygen atoms in total. The van der Waals surface area contributed by atoms with Gasteiger partial charge in [-0.25, -0.2) is 0 Å². The zero-order valence-corrected chi connectivity index (χ0v) is 47.3. The molecule has 1 saturated heterocycles. The Morgan fingerprint density at radius 1 is 0.534 bits per heavy atom. The van der Waals surface area contributed by atoms with Gasteiger partial charge in [-0.1, -0.05) is 269 Å². The monoisotopic (exact) mass is 1030 g/mol. The molecule has 8 atom stereocenters. The lowest BCUT2D eigenvalue weighted by Crippen LogP contribution is -2.61. The second-order valence-electron chi connectivity index (χ2n) is 21.4. The van der Waals surface area contributed by atoms with Gasteiger partial charge >= 0.3 is 5.97 Å². The fourth-order valence-electron chi connectivity index (χ4n) is 9.65. The van der Waals surface area contributed by atoms with Gasteiger partial charge in [-0.3, -0.25) is 9.59 Å². The van der Waals surface area contributed by atoms with E-state index in [0.717, 1.165) is 51.4 Å². The van der Waals surface area contributed by atoms with Crippen molar-refractivity contribution in [2.24, 2.45) is 0 Å². The lowest BCUT2D eigenvalue weighted by Gasteiger charge is -2.41. The van der Waals surface area contributed by atoms with Gasteiger partial charge in [-0.05, 0) is 44.9 Å². The lowest BCUT2D eigenvalue weighted by molar-refractivity contribution is -0.305. The maximum absolute atomic E-state index is 13.4. The Balaban J connectivity index is 2.67. The first-order valence-electron chi connectivity index (χ1n) is 30.8. The molecule has 0 bridgehead atoms. The molecule has 0 aromatic rings. The van der Waals surface area contributed by atoms with Crippen LogP contribution in [0, 0.1) is 0 Å². The highest BCUT2D eigenvalue weighted by molar-refractivity contribution is 5.80. The number of aliphatic hydroxyl groups excluding tert-OH is 5. The SMILES string of the molecule is CCCCCCCC/C=C\C/C=C/CCC(=O)OC1C(OCC(NC(=O)C(O)CCCCCCCCCCCCCCCCCCCCCC)C(O)/C=C/CCCCCCCCCCC)OC(CO)C(O)C1O. The molecule has 1 fully saturated rings. The number of allylic oxidation sites excluding steroid dienone is 5. The van der Waals surface area contributed by atoms with E-state index in [4.69, 9.17) is 14.2 Å². The van der Waals surface area contributed by atoms with E-state index in [1.165, 1.54) is 186 Å². The van der Waals surface area contributed by atoms with E-state index in [1.807, 2.05) is 18.2 Å². The van der Waals surface area contributed by atoms with Gasteiger partial charge in [-0.15, -0.1) is 0 Å². The van der Waals surface area contributed by atoms with Gasteiger partial charge < -0.3 is 45.1 Å². The minimum atomic E-state index is -1.63. The predicted molar refractivity (Wildman–Crippen MR) is 301 cm³/mol. The number of rotatable bonds is 52. The number of ether oxygens (including phenoxy) is 3. The van der Waals surface area contributed by atoms with Crippen molar-refractivity contribution in [1.82, 2.24) is 5.32 Å². The molecule has 0 aliphatic carbocycles. The van der Waals surface area contributed by atoms with Gasteiger partial charge in [0.05, 0.1) is 25.4 Å². The molecule has 1 heterocycles. The molecule has 0 radical (unpaired) electrons. The van der Waals surface area contributed by atoms with Gasteiger partial charge in [-0.2, -0.15) is 0 Å². The molecule has 428 valence electrons. The van der Waals surface area contributed by atoms with Crippen molar-refractivity contribution in [2.75, 3.05) is 13.2 Å². The Hall–Kier alpha value is -2.12. The Labute approximate surface area is 447 Å². The molecule has 11 heteroatoms. The number of hydrogen-bond donors (Lipinski definition) is 6. The minimum absolute atomic E-state index is 0.0199. The third kappa shape index (κ3) is 39.0. The van der Waals surface area contributed by atoms with Gasteiger partial charge in [0.15, 0.2) is 12.4 Å². The van der Waals surface area contributed by atoms with E-state index >= 15 is 0 Å². The first-order valence-corrected chi connectivity index (χ1v) is 30.8. The summed E-state index contributed by atoms with van der Waals surface area (Å²) in [4.78, 5) is 26.4. The van der Waals surface area contributed by atoms with Crippen molar-refractivity contribution in [1.29, 1.82) is 0 Å². The normalized spacial score (nSPS) is 19.6. The van der Waals surface area contributed by atoms with Crippen molar-refractivity contribution >= 4 is 11.9 Å². The zero-order valence-electron chi connectivity index (χ0n) is 47.3. The summed E-state index contributed by atoms with van der Waals surface area (Å²) in [5.41, 5.74) is 0. The van der Waals surface area contributed by atoms with Crippen molar-refractivity contribution in [3.8, 4) is 0 Å². The zero-order chi connectivity index (χ0) is 53.3. The molecule has 0 spiro atoms. The van der Waals surface area contributed by atoms with Crippen molar-refractivity contribution in [2.45, 2.75) is 333 Å². The molecular weight excluding hydrogens is 919 g/mol. The third-order valence-electron chi connectivity index (χ3n) is 14.6. The molecule has 0 aromatic heterocycles. The molecule has 0 saturated carbocycles. The number of amides is 1. The molecule has 1 aliphatic heterocycles. The smallest absolute Gasteiger partial charge is 0.306 e. The first kappa shape index (κ1) is 68.9. The van der Waals surface area contributed by atoms with E-state index < -0.39 is 67.4 Å². The van der Waals surface area contributed by atoms with Crippen LogP contribution in [-0.4, -0.2) is 99.6 Å². The van der Waals surface area contributed by atoms with E-state index in [9.17, 15) is 35.1 Å². The Morgan fingerprint density at radius 3 is 1.40 bits per heavy atom. The third-order valence-corrected chi connectivity index (χ3v) is 14.6. The van der Waals surface area contributed by atoms with Crippen LogP contribution < -0.4 is 5.32 Å². The van der Waals surface area contributed by atoms with Crippen LogP contribution in [0.15, 0.2) is 36.5 Å². The van der Waals surface area contributed by atoms with E-state index in [2.05, 4.69) is 38.2 Å². The predicted octanol–water partition coefficient (Wildman–Crippen LogP) is 14.3. The van der Waals surface area contributed by atoms with Gasteiger partial charge in [0.2, 0.25) is 5.91 Å². The van der Waals surface area contributed by atoms with Crippen LogP contribution >= 0.6 is 0 Å². The fourth-order valence-corrected chi connectivity index (χ4v) is 9.65. The number of nitrogens with one attached hydrogen (secondary N) is 1. The van der Waals surface area contributed by atoms with Gasteiger partial charge in [0, 0.05) is 6.42 Å². The van der Waals surface area contributed by atoms with Crippen molar-refractivity contribution in [3.63, 3.8) is 0 Å². The maximum Gasteiger partial charge on any atom is 0.306 e. The highest BCUT2D eigenvalue weighted by Gasteiger charge is 2.47. The number of hydrogen-bond acceptors (Lipinski definition) is 10. The van der Waals surface area contributed by atoms with Crippen LogP contribution in [0.3, 0.4) is 0 Å². The highest BCUT2D eigenvalue weighted by Crippen LogP contribution is 2.26. The number of aliphatic hydroxyl groups is 5. The second kappa shape index (κ2) is 50.7. The molecule has 8 unspecified atom stereocenters. The molecule has 0 aromatic carbocycles. The van der Waals surface area contributed by atoms with Gasteiger partial charge in [0.1, 0.15) is 24.4 Å². The maximum atomic E-state index is 13.4. The van der Waals surface area contributed by atoms with E-state index in [-0.39, 0.29) is 13.0 Å². The quantitative estimate of drug-likeness (QED) is 0.0195. The van der Waals surface area contributed by atoms with Crippen LogP contribution in [0.25, 0.3) is 0 Å². The summed E-state index contributed by atoms with van der Waals surface area (Å²) < 4.78 is 17.5. The van der Waals surface area contributed by atoms with E-state index in [1.54, 1.807) is 6.08 Å². The summed E-state index contributed by atoms with van der Waals surface area (Å²) in [6, 6.07) is -1.03. The van der Waals surface area contributed by atoms with Crippen LogP contribution in [0.4, 0.5) is 0 Å². The average molecular weight is 1030 g/mol. The van der Waals surface area contributed by atoms with Crippen LogP contribution in [0.1, 0.15) is 284 Å². The molecule has 73 heavy (non-hydrogen) atoms. The number of esters is 1.